The van der Waals surface area contributed by atoms with Gasteiger partial charge in [-0.3, -0.25) is 19.7 Å². The van der Waals surface area contributed by atoms with Crippen molar-refractivity contribution in [1.82, 2.24) is 5.32 Å². The largest absolute Gasteiger partial charge is 0.508 e. The van der Waals surface area contributed by atoms with Crippen LogP contribution in [-0.2, 0) is 27.0 Å². The number of fused-ring (bicyclic) bond motifs is 1. The first-order valence-corrected chi connectivity index (χ1v) is 14.1. The van der Waals surface area contributed by atoms with Gasteiger partial charge < -0.3 is 14.9 Å². The maximum absolute atomic E-state index is 14.2. The number of anilines is 1. The van der Waals surface area contributed by atoms with Gasteiger partial charge in [0.05, 0.1) is 23.1 Å². The minimum absolute atomic E-state index is 0.0197. The Morgan fingerprint density at radius 2 is 1.58 bits per heavy atom. The van der Waals surface area contributed by atoms with Gasteiger partial charge in [0, 0.05) is 12.5 Å². The summed E-state index contributed by atoms with van der Waals surface area (Å²) >= 11 is 0. The molecular formula is C34H27F3N2O6. The van der Waals surface area contributed by atoms with Crippen molar-refractivity contribution in [3.8, 4) is 17.2 Å². The number of halogens is 3. The molecule has 0 aromatic heterocycles. The zero-order valence-electron chi connectivity index (χ0n) is 23.8. The summed E-state index contributed by atoms with van der Waals surface area (Å²) < 4.78 is 45.6. The molecule has 2 fully saturated rings. The highest BCUT2D eigenvalue weighted by atomic mass is 19.4. The number of rotatable bonds is 7. The van der Waals surface area contributed by atoms with E-state index in [0.29, 0.717) is 22.4 Å². The molecule has 0 bridgehead atoms. The molecule has 2 saturated heterocycles. The van der Waals surface area contributed by atoms with Crippen LogP contribution in [0.2, 0.25) is 0 Å². The standard InChI is InChI=1S/C34H27F3N2O6/c1-19-6-2-3-11-26(19)39-30(41)27-28(31(39)42)33(32(43)44,18-20-12-14-23(40)15-13-20)38-29(27)21-7-4-9-24(16-21)45-25-10-5-8-22(17-25)34(35,36)37/h2-17,27-29,38,40H,18H2,1H3,(H,43,44). The normalized spacial score (nSPS) is 22.8. The van der Waals surface area contributed by atoms with E-state index in [1.165, 1.54) is 36.4 Å². The lowest BCUT2D eigenvalue weighted by Gasteiger charge is -2.31. The Hall–Kier alpha value is -5.16. The molecule has 11 heteroatoms. The highest BCUT2D eigenvalue weighted by Gasteiger charge is 2.68. The van der Waals surface area contributed by atoms with E-state index in [4.69, 9.17) is 4.74 Å². The quantitative estimate of drug-likeness (QED) is 0.217. The monoisotopic (exact) mass is 616 g/mol. The average molecular weight is 617 g/mol. The maximum atomic E-state index is 14.2. The van der Waals surface area contributed by atoms with Crippen LogP contribution in [0.1, 0.15) is 28.3 Å². The molecule has 2 heterocycles. The summed E-state index contributed by atoms with van der Waals surface area (Å²) in [6.07, 6.45) is -4.75. The van der Waals surface area contributed by atoms with E-state index in [1.807, 2.05) is 0 Å². The predicted molar refractivity (Wildman–Crippen MR) is 157 cm³/mol. The first kappa shape index (κ1) is 29.9. The number of alkyl halides is 3. The zero-order valence-corrected chi connectivity index (χ0v) is 23.8. The number of aryl methyl sites for hydroxylation is 1. The Labute approximate surface area is 255 Å². The number of aromatic hydroxyl groups is 1. The number of amides is 2. The first-order chi connectivity index (χ1) is 21.4. The van der Waals surface area contributed by atoms with Gasteiger partial charge in [-0.2, -0.15) is 13.2 Å². The van der Waals surface area contributed by atoms with E-state index >= 15 is 0 Å². The number of ether oxygens (including phenoxy) is 1. The molecule has 2 aliphatic rings. The highest BCUT2D eigenvalue weighted by Crippen LogP contribution is 2.51. The number of aliphatic carboxylic acids is 1. The molecule has 0 aliphatic carbocycles. The number of phenols is 1. The molecule has 4 aromatic carbocycles. The summed E-state index contributed by atoms with van der Waals surface area (Å²) in [7, 11) is 0. The van der Waals surface area contributed by atoms with Gasteiger partial charge in [-0.1, -0.05) is 48.5 Å². The summed E-state index contributed by atoms with van der Waals surface area (Å²) in [6.45, 7) is 1.75. The minimum Gasteiger partial charge on any atom is -0.508 e. The molecular weight excluding hydrogens is 589 g/mol. The van der Waals surface area contributed by atoms with E-state index in [-0.39, 0.29) is 23.7 Å². The lowest BCUT2D eigenvalue weighted by atomic mass is 9.76. The summed E-state index contributed by atoms with van der Waals surface area (Å²) in [5, 5.41) is 23.6. The highest BCUT2D eigenvalue weighted by molar-refractivity contribution is 6.24. The number of carboxylic acid groups (broad SMARTS) is 1. The number of para-hydroxylation sites is 1. The molecule has 8 nitrogen and oxygen atoms in total. The predicted octanol–water partition coefficient (Wildman–Crippen LogP) is 6.03. The number of hydrogen-bond acceptors (Lipinski definition) is 6. The summed E-state index contributed by atoms with van der Waals surface area (Å²) in [4.78, 5) is 42.5. The second kappa shape index (κ2) is 11.1. The van der Waals surface area contributed by atoms with E-state index in [2.05, 4.69) is 5.32 Å². The van der Waals surface area contributed by atoms with Gasteiger partial charge in [0.15, 0.2) is 0 Å². The molecule has 45 heavy (non-hydrogen) atoms. The molecule has 3 N–H and O–H groups in total. The fourth-order valence-electron chi connectivity index (χ4n) is 6.36. The van der Waals surface area contributed by atoms with E-state index in [1.54, 1.807) is 55.5 Å². The number of benzene rings is 4. The maximum Gasteiger partial charge on any atom is 0.416 e. The number of nitrogens with one attached hydrogen (secondary N) is 1. The summed E-state index contributed by atoms with van der Waals surface area (Å²) in [6, 6.07) is 22.4. The van der Waals surface area contributed by atoms with Gasteiger partial charge in [0.1, 0.15) is 22.8 Å². The van der Waals surface area contributed by atoms with E-state index < -0.39 is 52.9 Å². The van der Waals surface area contributed by atoms with Crippen molar-refractivity contribution < 1.29 is 42.5 Å². The Morgan fingerprint density at radius 1 is 0.911 bits per heavy atom. The smallest absolute Gasteiger partial charge is 0.416 e. The number of phenolic OH excluding ortho intramolecular Hbond substituents is 1. The van der Waals surface area contributed by atoms with Crippen LogP contribution in [0.25, 0.3) is 0 Å². The Balaban J connectivity index is 1.43. The number of imide groups is 1. The molecule has 2 aliphatic heterocycles. The van der Waals surface area contributed by atoms with Crippen molar-refractivity contribution in [3.05, 3.63) is 119 Å². The van der Waals surface area contributed by atoms with Crippen LogP contribution >= 0.6 is 0 Å². The topological polar surface area (TPSA) is 116 Å². The van der Waals surface area contributed by atoms with Crippen LogP contribution in [0.4, 0.5) is 18.9 Å². The van der Waals surface area contributed by atoms with Crippen LogP contribution in [-0.4, -0.2) is 33.5 Å². The van der Waals surface area contributed by atoms with Crippen LogP contribution in [0.5, 0.6) is 17.2 Å². The Bertz CT molecular complexity index is 1810. The fraction of sp³-hybridized carbons (Fsp3) is 0.206. The number of nitrogens with zero attached hydrogens (tertiary/aromatic N) is 1. The van der Waals surface area contributed by atoms with Crippen molar-refractivity contribution in [1.29, 1.82) is 0 Å². The molecule has 230 valence electrons. The third-order valence-electron chi connectivity index (χ3n) is 8.43. The van der Waals surface area contributed by atoms with Crippen LogP contribution < -0.4 is 15.0 Å². The Kier molecular flexibility index (Phi) is 7.36. The molecule has 4 aromatic rings. The van der Waals surface area contributed by atoms with Gasteiger partial charge in [-0.05, 0) is 72.1 Å². The van der Waals surface area contributed by atoms with Crippen molar-refractivity contribution in [2.45, 2.75) is 31.1 Å². The second-order valence-electron chi connectivity index (χ2n) is 11.2. The molecule has 6 rings (SSSR count). The SMILES string of the molecule is Cc1ccccc1N1C(=O)C2C(c3cccc(Oc4cccc(C(F)(F)F)c4)c3)NC(Cc3ccc(O)cc3)(C(=O)O)C2C1=O. The van der Waals surface area contributed by atoms with Crippen LogP contribution in [0, 0.1) is 18.8 Å². The minimum atomic E-state index is -4.57. The lowest BCUT2D eigenvalue weighted by Crippen LogP contribution is -2.57. The van der Waals surface area contributed by atoms with Gasteiger partial charge in [-0.25, -0.2) is 4.90 Å². The van der Waals surface area contributed by atoms with E-state index in [9.17, 15) is 37.8 Å². The lowest BCUT2D eigenvalue weighted by molar-refractivity contribution is -0.148. The second-order valence-corrected chi connectivity index (χ2v) is 11.2. The zero-order chi connectivity index (χ0) is 32.1. The first-order valence-electron chi connectivity index (χ1n) is 14.1. The number of carbonyl (C=O) groups excluding carboxylic acids is 2. The van der Waals surface area contributed by atoms with Crippen molar-refractivity contribution >= 4 is 23.5 Å². The van der Waals surface area contributed by atoms with Crippen LogP contribution in [0.15, 0.2) is 97.1 Å². The molecule has 0 radical (unpaired) electrons. The molecule has 4 atom stereocenters. The molecule has 0 saturated carbocycles. The van der Waals surface area contributed by atoms with Gasteiger partial charge in [0.25, 0.3) is 0 Å². The fourth-order valence-corrected chi connectivity index (χ4v) is 6.36. The molecule has 2 amide bonds. The summed E-state index contributed by atoms with van der Waals surface area (Å²) in [5.74, 6) is -4.94. The third-order valence-corrected chi connectivity index (χ3v) is 8.43. The van der Waals surface area contributed by atoms with Gasteiger partial charge in [-0.15, -0.1) is 0 Å². The Morgan fingerprint density at radius 3 is 2.24 bits per heavy atom. The third kappa shape index (κ3) is 5.29. The van der Waals surface area contributed by atoms with Crippen molar-refractivity contribution in [3.63, 3.8) is 0 Å². The van der Waals surface area contributed by atoms with Crippen molar-refractivity contribution in [2.75, 3.05) is 4.90 Å². The van der Waals surface area contributed by atoms with Gasteiger partial charge >= 0.3 is 12.1 Å². The van der Waals surface area contributed by atoms with E-state index in [0.717, 1.165) is 17.0 Å². The summed E-state index contributed by atoms with van der Waals surface area (Å²) in [5.41, 5.74) is -0.877. The number of carboxylic acids is 1. The van der Waals surface area contributed by atoms with Crippen LogP contribution in [0.3, 0.4) is 0 Å². The number of carbonyl (C=O) groups is 3. The average Bonchev–Trinajstić information content (AvgIpc) is 3.48. The number of hydrogen-bond donors (Lipinski definition) is 3. The van der Waals surface area contributed by atoms with Gasteiger partial charge in [0.2, 0.25) is 11.8 Å². The molecule has 0 spiro atoms. The van der Waals surface area contributed by atoms with Crippen molar-refractivity contribution in [2.24, 2.45) is 11.8 Å². The molecule has 4 unspecified atom stereocenters.